The lowest BCUT2D eigenvalue weighted by molar-refractivity contribution is -0.140. The molecule has 6 heteroatoms. The second-order valence-electron chi connectivity index (χ2n) is 9.70. The van der Waals surface area contributed by atoms with Crippen molar-refractivity contribution in [3.05, 3.63) is 69.2 Å². The molecule has 0 aromatic heterocycles. The molecule has 1 N–H and O–H groups in total. The van der Waals surface area contributed by atoms with Crippen LogP contribution in [0.4, 0.5) is 0 Å². The first kappa shape index (κ1) is 27.2. The fourth-order valence-corrected chi connectivity index (χ4v) is 3.92. The highest BCUT2D eigenvalue weighted by Gasteiger charge is 2.27. The third kappa shape index (κ3) is 8.04. The molecule has 0 bridgehead atoms. The molecule has 180 valence electrons. The van der Waals surface area contributed by atoms with Crippen LogP contribution in [0.25, 0.3) is 0 Å². The Bertz CT molecular complexity index is 952. The summed E-state index contributed by atoms with van der Waals surface area (Å²) < 4.78 is 0. The highest BCUT2D eigenvalue weighted by atomic mass is 35.5. The van der Waals surface area contributed by atoms with E-state index in [1.807, 2.05) is 13.8 Å². The standard InChI is InChI=1S/C27H36Cl2N2O2/c1-7-18(2)30-26(33)19(3)31(17-21-11-14-23(28)16-24(21)29)25(32)15-10-20-8-12-22(13-9-20)27(4,5)6/h8-9,11-14,16,18-19H,7,10,15,17H2,1-6H3,(H,30,33)/t18-,19-/m0/s1. The Hall–Kier alpha value is -2.04. The summed E-state index contributed by atoms with van der Waals surface area (Å²) in [7, 11) is 0. The summed E-state index contributed by atoms with van der Waals surface area (Å²) in [5.41, 5.74) is 3.19. The van der Waals surface area contributed by atoms with Crippen LogP contribution in [0.2, 0.25) is 10.0 Å². The number of carbonyl (C=O) groups excluding carboxylic acids is 2. The number of carbonyl (C=O) groups is 2. The summed E-state index contributed by atoms with van der Waals surface area (Å²) in [5, 5.41) is 3.99. The topological polar surface area (TPSA) is 49.4 Å². The highest BCUT2D eigenvalue weighted by molar-refractivity contribution is 6.35. The molecular weight excluding hydrogens is 455 g/mol. The Morgan fingerprint density at radius 2 is 1.67 bits per heavy atom. The van der Waals surface area contributed by atoms with Crippen molar-refractivity contribution >= 4 is 35.0 Å². The van der Waals surface area contributed by atoms with E-state index in [1.165, 1.54) is 5.56 Å². The fraction of sp³-hybridized carbons (Fsp3) is 0.481. The number of nitrogens with one attached hydrogen (secondary N) is 1. The molecule has 0 unspecified atom stereocenters. The van der Waals surface area contributed by atoms with E-state index in [0.29, 0.717) is 22.9 Å². The van der Waals surface area contributed by atoms with Crippen molar-refractivity contribution in [1.29, 1.82) is 0 Å². The summed E-state index contributed by atoms with van der Waals surface area (Å²) in [4.78, 5) is 27.7. The lowest BCUT2D eigenvalue weighted by Gasteiger charge is -2.30. The van der Waals surface area contributed by atoms with E-state index in [4.69, 9.17) is 23.2 Å². The van der Waals surface area contributed by atoms with Gasteiger partial charge >= 0.3 is 0 Å². The molecule has 0 aliphatic carbocycles. The molecule has 0 saturated heterocycles. The molecule has 2 amide bonds. The lowest BCUT2D eigenvalue weighted by Crippen LogP contribution is -2.49. The number of rotatable bonds is 9. The van der Waals surface area contributed by atoms with Crippen LogP contribution in [-0.2, 0) is 28.0 Å². The van der Waals surface area contributed by atoms with E-state index in [1.54, 1.807) is 30.0 Å². The SMILES string of the molecule is CC[C@H](C)NC(=O)[C@H](C)N(Cc1ccc(Cl)cc1Cl)C(=O)CCc1ccc(C(C)(C)C)cc1. The van der Waals surface area contributed by atoms with Gasteiger partial charge in [-0.2, -0.15) is 0 Å². The summed E-state index contributed by atoms with van der Waals surface area (Å²) in [6.07, 6.45) is 1.73. The van der Waals surface area contributed by atoms with E-state index in [9.17, 15) is 9.59 Å². The first-order valence-corrected chi connectivity index (χ1v) is 12.3. The van der Waals surface area contributed by atoms with Gasteiger partial charge in [0.25, 0.3) is 0 Å². The van der Waals surface area contributed by atoms with Gasteiger partial charge in [-0.1, -0.05) is 81.2 Å². The summed E-state index contributed by atoms with van der Waals surface area (Å²) >= 11 is 12.4. The van der Waals surface area contributed by atoms with E-state index in [-0.39, 0.29) is 29.8 Å². The van der Waals surface area contributed by atoms with Gasteiger partial charge in [-0.15, -0.1) is 0 Å². The molecule has 0 aliphatic rings. The number of hydrogen-bond donors (Lipinski definition) is 1. The summed E-state index contributed by atoms with van der Waals surface area (Å²) in [5.74, 6) is -0.259. The smallest absolute Gasteiger partial charge is 0.242 e. The second-order valence-corrected chi connectivity index (χ2v) is 10.5. The van der Waals surface area contributed by atoms with Crippen LogP contribution in [0, 0.1) is 0 Å². The Balaban J connectivity index is 2.18. The average molecular weight is 492 g/mol. The average Bonchev–Trinajstić information content (AvgIpc) is 2.76. The van der Waals surface area contributed by atoms with Crippen molar-refractivity contribution in [2.24, 2.45) is 0 Å². The fourth-order valence-electron chi connectivity index (χ4n) is 3.45. The van der Waals surface area contributed by atoms with Crippen LogP contribution in [0.5, 0.6) is 0 Å². The van der Waals surface area contributed by atoms with Gasteiger partial charge in [-0.05, 0) is 60.9 Å². The molecular formula is C27H36Cl2N2O2. The molecule has 0 radical (unpaired) electrons. The zero-order valence-corrected chi connectivity index (χ0v) is 22.1. The minimum atomic E-state index is -0.624. The predicted molar refractivity (Wildman–Crippen MR) is 138 cm³/mol. The van der Waals surface area contributed by atoms with Crippen molar-refractivity contribution in [2.45, 2.75) is 84.8 Å². The van der Waals surface area contributed by atoms with Crippen molar-refractivity contribution in [3.8, 4) is 0 Å². The monoisotopic (exact) mass is 490 g/mol. The molecule has 0 fully saturated rings. The van der Waals surface area contributed by atoms with Crippen molar-refractivity contribution < 1.29 is 9.59 Å². The van der Waals surface area contributed by atoms with E-state index in [2.05, 4.69) is 50.4 Å². The van der Waals surface area contributed by atoms with Crippen molar-refractivity contribution in [3.63, 3.8) is 0 Å². The Kier molecular flexibility index (Phi) is 9.81. The van der Waals surface area contributed by atoms with Gasteiger partial charge in [0.15, 0.2) is 0 Å². The normalized spacial score (nSPS) is 13.3. The zero-order valence-electron chi connectivity index (χ0n) is 20.5. The number of benzene rings is 2. The highest BCUT2D eigenvalue weighted by Crippen LogP contribution is 2.25. The number of aryl methyl sites for hydroxylation is 1. The van der Waals surface area contributed by atoms with E-state index >= 15 is 0 Å². The van der Waals surface area contributed by atoms with Crippen LogP contribution in [0.1, 0.15) is 71.1 Å². The molecule has 0 spiro atoms. The molecule has 2 atom stereocenters. The van der Waals surface area contributed by atoms with Gasteiger partial charge in [0, 0.05) is 29.1 Å². The Morgan fingerprint density at radius 3 is 2.21 bits per heavy atom. The maximum absolute atomic E-state index is 13.3. The van der Waals surface area contributed by atoms with Crippen LogP contribution < -0.4 is 5.32 Å². The first-order valence-electron chi connectivity index (χ1n) is 11.6. The molecule has 4 nitrogen and oxygen atoms in total. The molecule has 0 saturated carbocycles. The summed E-state index contributed by atoms with van der Waals surface area (Å²) in [6, 6.07) is 13.0. The largest absolute Gasteiger partial charge is 0.352 e. The lowest BCUT2D eigenvalue weighted by atomic mass is 9.86. The van der Waals surface area contributed by atoms with Crippen LogP contribution in [0.3, 0.4) is 0 Å². The summed E-state index contributed by atoms with van der Waals surface area (Å²) in [6.45, 7) is 12.5. The van der Waals surface area contributed by atoms with Crippen LogP contribution in [0.15, 0.2) is 42.5 Å². The Morgan fingerprint density at radius 1 is 1.03 bits per heavy atom. The number of nitrogens with zero attached hydrogens (tertiary/aromatic N) is 1. The maximum Gasteiger partial charge on any atom is 0.242 e. The molecule has 2 aromatic carbocycles. The minimum Gasteiger partial charge on any atom is -0.352 e. The van der Waals surface area contributed by atoms with Crippen molar-refractivity contribution in [2.75, 3.05) is 0 Å². The minimum absolute atomic E-state index is 0.0392. The van der Waals surface area contributed by atoms with Gasteiger partial charge in [-0.3, -0.25) is 9.59 Å². The van der Waals surface area contributed by atoms with Gasteiger partial charge in [0.05, 0.1) is 0 Å². The van der Waals surface area contributed by atoms with Gasteiger partial charge in [0.1, 0.15) is 6.04 Å². The third-order valence-corrected chi connectivity index (χ3v) is 6.56. The number of halogens is 2. The van der Waals surface area contributed by atoms with Crippen LogP contribution >= 0.6 is 23.2 Å². The second kappa shape index (κ2) is 11.9. The first-order chi connectivity index (χ1) is 15.4. The number of hydrogen-bond acceptors (Lipinski definition) is 2. The maximum atomic E-state index is 13.3. The third-order valence-electron chi connectivity index (χ3n) is 5.97. The molecule has 0 aliphatic heterocycles. The zero-order chi connectivity index (χ0) is 24.8. The molecule has 2 rings (SSSR count). The number of amides is 2. The van der Waals surface area contributed by atoms with E-state index in [0.717, 1.165) is 17.5 Å². The van der Waals surface area contributed by atoms with Gasteiger partial charge in [0.2, 0.25) is 11.8 Å². The van der Waals surface area contributed by atoms with Crippen molar-refractivity contribution in [1.82, 2.24) is 10.2 Å². The Labute approximate surface area is 208 Å². The van der Waals surface area contributed by atoms with Crippen LogP contribution in [-0.4, -0.2) is 28.8 Å². The molecule has 33 heavy (non-hydrogen) atoms. The predicted octanol–water partition coefficient (Wildman–Crippen LogP) is 6.56. The molecule has 0 heterocycles. The quantitative estimate of drug-likeness (QED) is 0.432. The van der Waals surface area contributed by atoms with Gasteiger partial charge in [-0.25, -0.2) is 0 Å². The van der Waals surface area contributed by atoms with E-state index < -0.39 is 6.04 Å². The molecule has 2 aromatic rings. The van der Waals surface area contributed by atoms with Gasteiger partial charge < -0.3 is 10.2 Å².